The summed E-state index contributed by atoms with van der Waals surface area (Å²) in [7, 11) is 0.198. The maximum Gasteiger partial charge on any atom is 0.165 e. The number of para-hydroxylation sites is 1. The molecule has 0 spiro atoms. The van der Waals surface area contributed by atoms with E-state index in [1.165, 1.54) is 0 Å². The van der Waals surface area contributed by atoms with Crippen molar-refractivity contribution in [2.75, 3.05) is 25.7 Å². The molecule has 0 amide bonds. The van der Waals surface area contributed by atoms with Crippen LogP contribution in [0.1, 0.15) is 31.4 Å². The molecular formula is C14H23NO4S. The van der Waals surface area contributed by atoms with Crippen molar-refractivity contribution in [2.24, 2.45) is 5.73 Å². The molecule has 0 bridgehead atoms. The lowest BCUT2D eigenvalue weighted by Crippen LogP contribution is -2.15. The van der Waals surface area contributed by atoms with Crippen LogP contribution in [0.3, 0.4) is 0 Å². The van der Waals surface area contributed by atoms with Gasteiger partial charge in [-0.05, 0) is 18.9 Å². The summed E-state index contributed by atoms with van der Waals surface area (Å²) < 4.78 is 33.5. The number of benzene rings is 1. The van der Waals surface area contributed by atoms with Gasteiger partial charge in [-0.25, -0.2) is 8.42 Å². The fourth-order valence-electron chi connectivity index (χ4n) is 2.03. The summed E-state index contributed by atoms with van der Waals surface area (Å²) in [4.78, 5) is 0. The van der Waals surface area contributed by atoms with Gasteiger partial charge in [-0.15, -0.1) is 0 Å². The molecular weight excluding hydrogens is 278 g/mol. The Kier molecular flexibility index (Phi) is 6.29. The average Bonchev–Trinajstić information content (AvgIpc) is 2.45. The van der Waals surface area contributed by atoms with Gasteiger partial charge in [-0.3, -0.25) is 0 Å². The highest BCUT2D eigenvalue weighted by Gasteiger charge is 2.16. The Morgan fingerprint density at radius 3 is 2.50 bits per heavy atom. The predicted octanol–water partition coefficient (Wildman–Crippen LogP) is 1.92. The molecule has 1 unspecified atom stereocenters. The summed E-state index contributed by atoms with van der Waals surface area (Å²) in [6, 6.07) is 5.25. The number of hydrogen-bond acceptors (Lipinski definition) is 5. The molecule has 20 heavy (non-hydrogen) atoms. The quantitative estimate of drug-likeness (QED) is 0.793. The minimum atomic E-state index is -2.94. The molecule has 1 atom stereocenters. The predicted molar refractivity (Wildman–Crippen MR) is 80.0 cm³/mol. The van der Waals surface area contributed by atoms with E-state index < -0.39 is 9.84 Å². The van der Waals surface area contributed by atoms with E-state index in [4.69, 9.17) is 15.2 Å². The van der Waals surface area contributed by atoms with Gasteiger partial charge < -0.3 is 15.2 Å². The van der Waals surface area contributed by atoms with Gasteiger partial charge in [-0.1, -0.05) is 19.1 Å². The first-order valence-corrected chi connectivity index (χ1v) is 8.44. The molecule has 0 aliphatic carbocycles. The van der Waals surface area contributed by atoms with E-state index >= 15 is 0 Å². The third-order valence-electron chi connectivity index (χ3n) is 3.24. The van der Waals surface area contributed by atoms with E-state index in [-0.39, 0.29) is 17.5 Å². The first-order valence-electron chi connectivity index (χ1n) is 6.62. The monoisotopic (exact) mass is 301 g/mol. The Morgan fingerprint density at radius 2 is 1.95 bits per heavy atom. The van der Waals surface area contributed by atoms with Crippen LogP contribution >= 0.6 is 0 Å². The molecule has 5 nitrogen and oxygen atoms in total. The summed E-state index contributed by atoms with van der Waals surface area (Å²) in [6.07, 6.45) is 1.13. The van der Waals surface area contributed by atoms with Crippen LogP contribution in [0.25, 0.3) is 0 Å². The van der Waals surface area contributed by atoms with Crippen molar-refractivity contribution in [3.63, 3.8) is 0 Å². The van der Waals surface area contributed by atoms with E-state index in [0.717, 1.165) is 5.56 Å². The standard InChI is InChI=1S/C14H23NO4S/c1-4-20(16,17)10-6-8-12(15)11-7-5-9-13(18-2)14(11)19-3/h5,7,9,12H,4,6,8,10,15H2,1-3H3. The van der Waals surface area contributed by atoms with E-state index in [1.54, 1.807) is 27.2 Å². The third kappa shape index (κ3) is 4.38. The van der Waals surface area contributed by atoms with Crippen molar-refractivity contribution in [3.05, 3.63) is 23.8 Å². The van der Waals surface area contributed by atoms with Crippen molar-refractivity contribution in [1.82, 2.24) is 0 Å². The van der Waals surface area contributed by atoms with Crippen LogP contribution in [0.4, 0.5) is 0 Å². The van der Waals surface area contributed by atoms with Gasteiger partial charge >= 0.3 is 0 Å². The number of rotatable bonds is 8. The summed E-state index contributed by atoms with van der Waals surface area (Å²) in [5.41, 5.74) is 6.97. The molecule has 0 aliphatic rings. The highest BCUT2D eigenvalue weighted by Crippen LogP contribution is 2.35. The Bertz CT molecular complexity index is 528. The lowest BCUT2D eigenvalue weighted by atomic mass is 10.0. The lowest BCUT2D eigenvalue weighted by molar-refractivity contribution is 0.348. The van der Waals surface area contributed by atoms with E-state index in [9.17, 15) is 8.42 Å². The van der Waals surface area contributed by atoms with Crippen LogP contribution < -0.4 is 15.2 Å². The van der Waals surface area contributed by atoms with Crippen molar-refractivity contribution in [1.29, 1.82) is 0 Å². The number of methoxy groups -OCH3 is 2. The van der Waals surface area contributed by atoms with Gasteiger partial charge in [0.05, 0.1) is 20.0 Å². The second-order valence-electron chi connectivity index (χ2n) is 4.57. The zero-order chi connectivity index (χ0) is 15.2. The number of hydrogen-bond donors (Lipinski definition) is 1. The van der Waals surface area contributed by atoms with Crippen LogP contribution in [0.2, 0.25) is 0 Å². The van der Waals surface area contributed by atoms with Gasteiger partial charge in [0.2, 0.25) is 0 Å². The zero-order valence-corrected chi connectivity index (χ0v) is 13.1. The van der Waals surface area contributed by atoms with Gasteiger partial charge in [0.15, 0.2) is 11.5 Å². The molecule has 1 aromatic carbocycles. The molecule has 1 aromatic rings. The molecule has 2 N–H and O–H groups in total. The minimum absolute atomic E-state index is 0.170. The highest BCUT2D eigenvalue weighted by molar-refractivity contribution is 7.91. The molecule has 1 rings (SSSR count). The van der Waals surface area contributed by atoms with Crippen molar-refractivity contribution < 1.29 is 17.9 Å². The van der Waals surface area contributed by atoms with Crippen LogP contribution in [-0.2, 0) is 9.84 Å². The van der Waals surface area contributed by atoms with Crippen LogP contribution in [0.5, 0.6) is 11.5 Å². The van der Waals surface area contributed by atoms with E-state index in [0.29, 0.717) is 24.3 Å². The van der Waals surface area contributed by atoms with Crippen LogP contribution in [0, 0.1) is 0 Å². The first kappa shape index (κ1) is 16.8. The normalized spacial score (nSPS) is 13.0. The van der Waals surface area contributed by atoms with Crippen molar-refractivity contribution in [3.8, 4) is 11.5 Å². The Morgan fingerprint density at radius 1 is 1.25 bits per heavy atom. The fraction of sp³-hybridized carbons (Fsp3) is 0.571. The molecule has 0 fully saturated rings. The van der Waals surface area contributed by atoms with Crippen LogP contribution in [0.15, 0.2) is 18.2 Å². The summed E-state index contributed by atoms with van der Waals surface area (Å²) in [5, 5.41) is 0. The molecule has 0 saturated carbocycles. The fourth-order valence-corrected chi connectivity index (χ4v) is 2.92. The SMILES string of the molecule is CCS(=O)(=O)CCCC(N)c1cccc(OC)c1OC. The molecule has 0 saturated heterocycles. The molecule has 6 heteroatoms. The summed E-state index contributed by atoms with van der Waals surface area (Å²) in [6.45, 7) is 1.65. The van der Waals surface area contributed by atoms with E-state index in [1.807, 2.05) is 12.1 Å². The molecule has 0 radical (unpaired) electrons. The van der Waals surface area contributed by atoms with Gasteiger partial charge in [0.25, 0.3) is 0 Å². The van der Waals surface area contributed by atoms with Gasteiger partial charge in [0.1, 0.15) is 9.84 Å². The minimum Gasteiger partial charge on any atom is -0.493 e. The van der Waals surface area contributed by atoms with Crippen LogP contribution in [-0.4, -0.2) is 34.1 Å². The number of ether oxygens (including phenoxy) is 2. The van der Waals surface area contributed by atoms with E-state index in [2.05, 4.69) is 0 Å². The largest absolute Gasteiger partial charge is 0.493 e. The Labute approximate surface area is 121 Å². The number of sulfone groups is 1. The van der Waals surface area contributed by atoms with Gasteiger partial charge in [-0.2, -0.15) is 0 Å². The second kappa shape index (κ2) is 7.50. The Hall–Kier alpha value is -1.27. The Balaban J connectivity index is 2.75. The summed E-state index contributed by atoms with van der Waals surface area (Å²) >= 11 is 0. The lowest BCUT2D eigenvalue weighted by Gasteiger charge is -2.17. The molecule has 0 aromatic heterocycles. The molecule has 0 heterocycles. The first-order chi connectivity index (χ1) is 9.45. The van der Waals surface area contributed by atoms with Crippen molar-refractivity contribution >= 4 is 9.84 Å². The zero-order valence-electron chi connectivity index (χ0n) is 12.3. The molecule has 0 aliphatic heterocycles. The van der Waals surface area contributed by atoms with Crippen molar-refractivity contribution in [2.45, 2.75) is 25.8 Å². The smallest absolute Gasteiger partial charge is 0.165 e. The number of nitrogens with two attached hydrogens (primary N) is 1. The highest BCUT2D eigenvalue weighted by atomic mass is 32.2. The maximum atomic E-state index is 11.5. The average molecular weight is 301 g/mol. The second-order valence-corrected chi connectivity index (χ2v) is 7.04. The van der Waals surface area contributed by atoms with Gasteiger partial charge in [0, 0.05) is 17.4 Å². The molecule has 114 valence electrons. The maximum absolute atomic E-state index is 11.5. The summed E-state index contributed by atoms with van der Waals surface area (Å²) in [5.74, 6) is 1.58. The topological polar surface area (TPSA) is 78.6 Å². The third-order valence-corrected chi connectivity index (χ3v) is 5.03.